The number of carbonyl (C=O) groups excluding carboxylic acids is 1. The van der Waals surface area contributed by atoms with Gasteiger partial charge < -0.3 is 9.88 Å². The molecule has 0 saturated carbocycles. The lowest BCUT2D eigenvalue weighted by Gasteiger charge is -2.04. The molecule has 120 valence electrons. The fourth-order valence-corrected chi connectivity index (χ4v) is 3.02. The van der Waals surface area contributed by atoms with Crippen molar-refractivity contribution in [1.82, 2.24) is 30.0 Å². The second-order valence-electron chi connectivity index (χ2n) is 5.04. The van der Waals surface area contributed by atoms with Crippen LogP contribution >= 0.6 is 11.8 Å². The zero-order valence-electron chi connectivity index (χ0n) is 13.0. The van der Waals surface area contributed by atoms with Gasteiger partial charge in [-0.1, -0.05) is 18.7 Å². The molecule has 0 atom stereocenters. The lowest BCUT2D eigenvalue weighted by Crippen LogP contribution is -2.25. The second kappa shape index (κ2) is 6.82. The minimum absolute atomic E-state index is 0.0891. The van der Waals surface area contributed by atoms with Crippen molar-refractivity contribution in [2.45, 2.75) is 18.5 Å². The Morgan fingerprint density at radius 2 is 2.30 bits per heavy atom. The van der Waals surface area contributed by atoms with Gasteiger partial charge in [-0.15, -0.1) is 0 Å². The van der Waals surface area contributed by atoms with Crippen LogP contribution < -0.4 is 5.32 Å². The highest BCUT2D eigenvalue weighted by Crippen LogP contribution is 2.17. The van der Waals surface area contributed by atoms with Gasteiger partial charge >= 0.3 is 0 Å². The first-order chi connectivity index (χ1) is 11.2. The summed E-state index contributed by atoms with van der Waals surface area (Å²) in [5, 5.41) is 10.2. The van der Waals surface area contributed by atoms with Crippen molar-refractivity contribution in [3.63, 3.8) is 0 Å². The molecule has 0 spiro atoms. The quantitative estimate of drug-likeness (QED) is 0.531. The van der Waals surface area contributed by atoms with Crippen LogP contribution in [-0.4, -0.2) is 42.9 Å². The number of H-pyrrole nitrogens is 1. The van der Waals surface area contributed by atoms with E-state index in [1.54, 1.807) is 0 Å². The summed E-state index contributed by atoms with van der Waals surface area (Å²) in [4.78, 5) is 20.8. The molecule has 23 heavy (non-hydrogen) atoms. The van der Waals surface area contributed by atoms with E-state index in [0.29, 0.717) is 12.1 Å². The minimum atomic E-state index is -0.0891. The molecule has 0 aliphatic heterocycles. The number of aryl methyl sites for hydroxylation is 2. The zero-order chi connectivity index (χ0) is 16.2. The molecule has 2 heterocycles. The Labute approximate surface area is 137 Å². The highest BCUT2D eigenvalue weighted by Gasteiger charge is 2.10. The largest absolute Gasteiger partial charge is 0.351 e. The van der Waals surface area contributed by atoms with Crippen molar-refractivity contribution < 1.29 is 4.79 Å². The van der Waals surface area contributed by atoms with E-state index in [-0.39, 0.29) is 5.91 Å². The smallest absolute Gasteiger partial charge is 0.251 e. The molecule has 8 heteroatoms. The van der Waals surface area contributed by atoms with E-state index in [9.17, 15) is 4.79 Å². The fraction of sp³-hybridized carbons (Fsp3) is 0.333. The zero-order valence-corrected chi connectivity index (χ0v) is 13.9. The third kappa shape index (κ3) is 3.37. The number of aromatic nitrogens is 5. The minimum Gasteiger partial charge on any atom is -0.351 e. The normalized spacial score (nSPS) is 11.0. The van der Waals surface area contributed by atoms with Gasteiger partial charge in [0.2, 0.25) is 0 Å². The Kier molecular flexibility index (Phi) is 4.61. The Bertz CT molecular complexity index is 811. The summed E-state index contributed by atoms with van der Waals surface area (Å²) in [7, 11) is 1.99. The molecule has 0 radical (unpaired) electrons. The number of thioether (sulfide) groups is 1. The molecule has 0 aliphatic carbocycles. The van der Waals surface area contributed by atoms with Gasteiger partial charge in [-0.05, 0) is 18.2 Å². The molecule has 0 saturated heterocycles. The molecule has 1 aromatic carbocycles. The van der Waals surface area contributed by atoms with Crippen LogP contribution in [0.25, 0.3) is 11.0 Å². The van der Waals surface area contributed by atoms with E-state index in [1.165, 1.54) is 18.1 Å². The fourth-order valence-electron chi connectivity index (χ4n) is 2.39. The molecule has 0 unspecified atom stereocenters. The third-order valence-corrected chi connectivity index (χ3v) is 4.45. The maximum absolute atomic E-state index is 12.2. The third-order valence-electron chi connectivity index (χ3n) is 3.57. The summed E-state index contributed by atoms with van der Waals surface area (Å²) in [6, 6.07) is 5.62. The first-order valence-electron chi connectivity index (χ1n) is 7.40. The molecule has 1 amide bonds. The molecule has 7 nitrogen and oxygen atoms in total. The molecular formula is C15H18N6OS. The van der Waals surface area contributed by atoms with Gasteiger partial charge in [0.05, 0.1) is 11.0 Å². The number of nitrogens with one attached hydrogen (secondary N) is 2. The van der Waals surface area contributed by atoms with Crippen molar-refractivity contribution in [3.8, 4) is 0 Å². The first-order valence-corrected chi connectivity index (χ1v) is 8.39. The van der Waals surface area contributed by atoms with E-state index in [2.05, 4.69) is 37.0 Å². The van der Waals surface area contributed by atoms with Crippen LogP contribution in [0, 0.1) is 0 Å². The lowest BCUT2D eigenvalue weighted by atomic mass is 10.2. The van der Waals surface area contributed by atoms with Gasteiger partial charge in [-0.25, -0.2) is 9.97 Å². The predicted octanol–water partition coefficient (Wildman–Crippen LogP) is 1.78. The molecule has 0 fully saturated rings. The van der Waals surface area contributed by atoms with E-state index in [1.807, 2.05) is 25.2 Å². The highest BCUT2D eigenvalue weighted by atomic mass is 32.2. The molecular weight excluding hydrogens is 312 g/mol. The number of nitrogens with zero attached hydrogens (tertiary/aromatic N) is 4. The molecule has 3 aromatic rings. The van der Waals surface area contributed by atoms with E-state index < -0.39 is 0 Å². The summed E-state index contributed by atoms with van der Waals surface area (Å²) >= 11 is 1.52. The van der Waals surface area contributed by atoms with Gasteiger partial charge in [0.1, 0.15) is 12.2 Å². The Morgan fingerprint density at radius 3 is 3.04 bits per heavy atom. The number of hydrogen-bond acceptors (Lipinski definition) is 5. The molecule has 2 N–H and O–H groups in total. The number of amides is 1. The van der Waals surface area contributed by atoms with Crippen LogP contribution in [0.2, 0.25) is 0 Å². The van der Waals surface area contributed by atoms with Crippen LogP contribution in [0.15, 0.2) is 29.7 Å². The van der Waals surface area contributed by atoms with Crippen LogP contribution in [0.3, 0.4) is 0 Å². The summed E-state index contributed by atoms with van der Waals surface area (Å²) in [6.07, 6.45) is 2.33. The van der Waals surface area contributed by atoms with Crippen molar-refractivity contribution >= 4 is 28.7 Å². The van der Waals surface area contributed by atoms with Crippen LogP contribution in [-0.2, 0) is 13.5 Å². The van der Waals surface area contributed by atoms with Gasteiger partial charge in [0, 0.05) is 31.3 Å². The number of aromatic amines is 1. The van der Waals surface area contributed by atoms with Crippen molar-refractivity contribution in [1.29, 1.82) is 0 Å². The molecule has 0 bridgehead atoms. The maximum Gasteiger partial charge on any atom is 0.251 e. The van der Waals surface area contributed by atoms with Gasteiger partial charge in [0.25, 0.3) is 5.91 Å². The first kappa shape index (κ1) is 15.5. The van der Waals surface area contributed by atoms with Crippen LogP contribution in [0.4, 0.5) is 0 Å². The second-order valence-corrected chi connectivity index (χ2v) is 6.12. The maximum atomic E-state index is 12.2. The van der Waals surface area contributed by atoms with Crippen LogP contribution in [0.5, 0.6) is 0 Å². The lowest BCUT2D eigenvalue weighted by molar-refractivity contribution is 0.0956. The molecule has 0 aliphatic rings. The molecule has 3 rings (SSSR count). The SMILES string of the molecule is CCc1nc2cc(C(=O)NCCSc3ncn[nH]3)ccc2n1C. The Balaban J connectivity index is 1.61. The van der Waals surface area contributed by atoms with Crippen LogP contribution in [0.1, 0.15) is 23.1 Å². The monoisotopic (exact) mass is 330 g/mol. The standard InChI is InChI=1S/C15H18N6OS/c1-3-13-19-11-8-10(4-5-12(11)21(13)2)14(22)16-6-7-23-15-17-9-18-20-15/h4-5,8-9H,3,6-7H2,1-2H3,(H,16,22)(H,17,18,20). The van der Waals surface area contributed by atoms with Crippen molar-refractivity contribution in [2.75, 3.05) is 12.3 Å². The van der Waals surface area contributed by atoms with Gasteiger partial charge in [0.15, 0.2) is 5.16 Å². The number of hydrogen-bond donors (Lipinski definition) is 2. The summed E-state index contributed by atoms with van der Waals surface area (Å²) in [5.74, 6) is 1.65. The summed E-state index contributed by atoms with van der Waals surface area (Å²) in [5.41, 5.74) is 2.52. The van der Waals surface area contributed by atoms with E-state index in [4.69, 9.17) is 0 Å². The van der Waals surface area contributed by atoms with E-state index >= 15 is 0 Å². The number of fused-ring (bicyclic) bond motifs is 1. The number of benzene rings is 1. The Morgan fingerprint density at radius 1 is 1.43 bits per heavy atom. The summed E-state index contributed by atoms with van der Waals surface area (Å²) < 4.78 is 2.06. The Hall–Kier alpha value is -2.35. The number of imidazole rings is 1. The average Bonchev–Trinajstić information content (AvgIpc) is 3.19. The van der Waals surface area contributed by atoms with Crippen molar-refractivity contribution in [2.24, 2.45) is 7.05 Å². The average molecular weight is 330 g/mol. The summed E-state index contributed by atoms with van der Waals surface area (Å²) in [6.45, 7) is 2.63. The highest BCUT2D eigenvalue weighted by molar-refractivity contribution is 7.99. The molecule has 2 aromatic heterocycles. The van der Waals surface area contributed by atoms with E-state index in [0.717, 1.165) is 34.2 Å². The van der Waals surface area contributed by atoms with Crippen molar-refractivity contribution in [3.05, 3.63) is 35.9 Å². The predicted molar refractivity (Wildman–Crippen MR) is 89.5 cm³/mol. The van der Waals surface area contributed by atoms with Gasteiger partial charge in [-0.3, -0.25) is 9.89 Å². The number of rotatable bonds is 6. The number of carbonyl (C=O) groups is 1. The topological polar surface area (TPSA) is 88.5 Å². The van der Waals surface area contributed by atoms with Gasteiger partial charge in [-0.2, -0.15) is 5.10 Å².